The number of rotatable bonds is 3. The van der Waals surface area contributed by atoms with Gasteiger partial charge in [0, 0.05) is 45.5 Å². The summed E-state index contributed by atoms with van der Waals surface area (Å²) in [6.07, 6.45) is 9.67. The molecule has 178 valence electrons. The van der Waals surface area contributed by atoms with Gasteiger partial charge in [-0.2, -0.15) is 0 Å². The van der Waals surface area contributed by atoms with Crippen LogP contribution in [-0.4, -0.2) is 4.57 Å². The Kier molecular flexibility index (Phi) is 6.38. The van der Waals surface area contributed by atoms with Crippen LogP contribution in [0.4, 0.5) is 11.4 Å². The Labute approximate surface area is 217 Å². The largest absolute Gasteiger partial charge is 0.355 e. The van der Waals surface area contributed by atoms with E-state index < -0.39 is 0 Å². The molecule has 0 atom stereocenters. The van der Waals surface area contributed by atoms with Crippen molar-refractivity contribution in [2.24, 2.45) is 0 Å². The zero-order valence-electron chi connectivity index (χ0n) is 20.6. The van der Waals surface area contributed by atoms with Gasteiger partial charge < -0.3 is 9.88 Å². The lowest BCUT2D eigenvalue weighted by Crippen LogP contribution is -1.99. The number of hydrogen-bond donors (Lipinski definition) is 1. The molecule has 0 spiro atoms. The van der Waals surface area contributed by atoms with Crippen LogP contribution in [0.2, 0.25) is 0 Å². The number of nitrogens with zero attached hydrogens (tertiary/aromatic N) is 1. The molecule has 0 bridgehead atoms. The summed E-state index contributed by atoms with van der Waals surface area (Å²) in [4.78, 5) is 0. The topological polar surface area (TPSA) is 17.0 Å². The van der Waals surface area contributed by atoms with Crippen molar-refractivity contribution < 1.29 is 0 Å². The first kappa shape index (κ1) is 22.6. The van der Waals surface area contributed by atoms with E-state index in [-0.39, 0.29) is 0 Å². The fourth-order valence-electron chi connectivity index (χ4n) is 4.99. The monoisotopic (exact) mass is 476 g/mol. The highest BCUT2D eigenvalue weighted by Gasteiger charge is 2.17. The molecule has 0 amide bonds. The van der Waals surface area contributed by atoms with Crippen molar-refractivity contribution in [2.75, 3.05) is 5.32 Å². The molecule has 0 fully saturated rings. The maximum absolute atomic E-state index is 3.66. The zero-order chi connectivity index (χ0) is 24.9. The van der Waals surface area contributed by atoms with Crippen molar-refractivity contribution in [3.05, 3.63) is 157 Å². The minimum atomic E-state index is 0.915. The fourth-order valence-corrected chi connectivity index (χ4v) is 4.99. The predicted molar refractivity (Wildman–Crippen MR) is 159 cm³/mol. The van der Waals surface area contributed by atoms with Crippen LogP contribution in [0.1, 0.15) is 11.3 Å². The molecule has 5 aromatic carbocycles. The van der Waals surface area contributed by atoms with Crippen LogP contribution in [0.25, 0.3) is 33.4 Å². The standard InChI is InChI=1S/C29H22N2.C6H6/c1-3-12-23(13-4-1)31-28-17-6-2-5-15-25(28)26-20-22(18-19-29(26)31)30-27-16-9-11-21-10-7-8-14-24(21)27;1-2-4-6-5-3-1/h1-16,18-20,30H,17H2;1-6H. The third-order valence-corrected chi connectivity index (χ3v) is 6.68. The number of benzene rings is 5. The van der Waals surface area contributed by atoms with Gasteiger partial charge in [-0.1, -0.05) is 115 Å². The molecule has 0 aliphatic heterocycles. The molecule has 0 saturated heterocycles. The third-order valence-electron chi connectivity index (χ3n) is 6.68. The van der Waals surface area contributed by atoms with Gasteiger partial charge in [-0.05, 0) is 41.8 Å². The van der Waals surface area contributed by atoms with Crippen LogP contribution >= 0.6 is 0 Å². The average Bonchev–Trinajstić information content (AvgIpc) is 3.09. The second kappa shape index (κ2) is 10.4. The molecule has 0 unspecified atom stereocenters. The summed E-state index contributed by atoms with van der Waals surface area (Å²) in [6.45, 7) is 0. The van der Waals surface area contributed by atoms with Gasteiger partial charge in [0.2, 0.25) is 0 Å². The van der Waals surface area contributed by atoms with E-state index in [4.69, 9.17) is 0 Å². The number of nitrogens with one attached hydrogen (secondary N) is 1. The highest BCUT2D eigenvalue weighted by Crippen LogP contribution is 2.35. The lowest BCUT2D eigenvalue weighted by atomic mass is 10.1. The van der Waals surface area contributed by atoms with E-state index in [0.717, 1.165) is 17.8 Å². The van der Waals surface area contributed by atoms with Gasteiger partial charge in [-0.15, -0.1) is 0 Å². The van der Waals surface area contributed by atoms with Crippen LogP contribution < -0.4 is 5.32 Å². The quantitative estimate of drug-likeness (QED) is 0.269. The SMILES string of the molecule is C1=CCc2c(c3cc(Nc4cccc5ccccc45)ccc3n2-c2ccccc2)C=C1.c1ccccc1. The predicted octanol–water partition coefficient (Wildman–Crippen LogP) is 9.34. The van der Waals surface area contributed by atoms with Gasteiger partial charge in [0.1, 0.15) is 0 Å². The summed E-state index contributed by atoms with van der Waals surface area (Å²) in [5, 5.41) is 7.40. The van der Waals surface area contributed by atoms with Crippen molar-refractivity contribution in [1.82, 2.24) is 4.57 Å². The summed E-state index contributed by atoms with van der Waals surface area (Å²) in [5.74, 6) is 0. The molecule has 37 heavy (non-hydrogen) atoms. The summed E-state index contributed by atoms with van der Waals surface area (Å²) < 4.78 is 2.40. The van der Waals surface area contributed by atoms with Crippen LogP contribution in [0.15, 0.2) is 146 Å². The molecular weight excluding hydrogens is 448 g/mol. The fraction of sp³-hybridized carbons (Fsp3) is 0.0286. The summed E-state index contributed by atoms with van der Waals surface area (Å²) in [6, 6.07) is 44.2. The Morgan fingerprint density at radius 2 is 1.30 bits per heavy atom. The number of allylic oxidation sites excluding steroid dienone is 3. The van der Waals surface area contributed by atoms with Crippen LogP contribution in [0.3, 0.4) is 0 Å². The van der Waals surface area contributed by atoms with Crippen LogP contribution in [-0.2, 0) is 6.42 Å². The molecule has 1 aromatic heterocycles. The Hall–Kier alpha value is -4.82. The molecule has 7 rings (SSSR count). The normalized spacial score (nSPS) is 12.0. The molecule has 1 heterocycles. The molecule has 0 radical (unpaired) electrons. The van der Waals surface area contributed by atoms with E-state index in [0.29, 0.717) is 0 Å². The van der Waals surface area contributed by atoms with Crippen LogP contribution in [0.5, 0.6) is 0 Å². The molecule has 2 nitrogen and oxygen atoms in total. The van der Waals surface area contributed by atoms with E-state index in [1.54, 1.807) is 0 Å². The highest BCUT2D eigenvalue weighted by molar-refractivity contribution is 5.98. The van der Waals surface area contributed by atoms with E-state index in [2.05, 4.69) is 125 Å². The second-order valence-electron chi connectivity index (χ2n) is 9.06. The first-order chi connectivity index (χ1) is 18.4. The Bertz CT molecular complexity index is 1680. The maximum Gasteiger partial charge on any atom is 0.0539 e. The number of para-hydroxylation sites is 1. The number of anilines is 2. The summed E-state index contributed by atoms with van der Waals surface area (Å²) in [7, 11) is 0. The Balaban J connectivity index is 0.000000372. The summed E-state index contributed by atoms with van der Waals surface area (Å²) in [5.41, 5.74) is 7.29. The summed E-state index contributed by atoms with van der Waals surface area (Å²) >= 11 is 0. The lowest BCUT2D eigenvalue weighted by Gasteiger charge is -2.12. The minimum absolute atomic E-state index is 0.915. The van der Waals surface area contributed by atoms with Gasteiger partial charge in [0.25, 0.3) is 0 Å². The smallest absolute Gasteiger partial charge is 0.0539 e. The maximum atomic E-state index is 3.66. The molecule has 0 saturated carbocycles. The van der Waals surface area contributed by atoms with Gasteiger partial charge in [0.15, 0.2) is 0 Å². The average molecular weight is 477 g/mol. The first-order valence-electron chi connectivity index (χ1n) is 12.7. The van der Waals surface area contributed by atoms with Crippen molar-refractivity contribution >= 4 is 39.1 Å². The van der Waals surface area contributed by atoms with E-state index in [1.165, 1.54) is 38.6 Å². The highest BCUT2D eigenvalue weighted by atomic mass is 15.0. The van der Waals surface area contributed by atoms with Gasteiger partial charge in [-0.3, -0.25) is 0 Å². The molecular formula is C35H28N2. The third kappa shape index (κ3) is 4.70. The van der Waals surface area contributed by atoms with Crippen molar-refractivity contribution in [3.8, 4) is 5.69 Å². The van der Waals surface area contributed by atoms with E-state index in [1.807, 2.05) is 36.4 Å². The molecule has 1 N–H and O–H groups in total. The first-order valence-corrected chi connectivity index (χ1v) is 12.7. The van der Waals surface area contributed by atoms with Crippen molar-refractivity contribution in [3.63, 3.8) is 0 Å². The molecule has 2 heteroatoms. The number of aromatic nitrogens is 1. The number of fused-ring (bicyclic) bond motifs is 4. The second-order valence-corrected chi connectivity index (χ2v) is 9.06. The Morgan fingerprint density at radius 3 is 2.11 bits per heavy atom. The lowest BCUT2D eigenvalue weighted by molar-refractivity contribution is 1.00. The zero-order valence-corrected chi connectivity index (χ0v) is 20.6. The van der Waals surface area contributed by atoms with Gasteiger partial charge >= 0.3 is 0 Å². The molecule has 6 aromatic rings. The van der Waals surface area contributed by atoms with Crippen LogP contribution in [0, 0.1) is 0 Å². The number of hydrogen-bond acceptors (Lipinski definition) is 1. The van der Waals surface area contributed by atoms with Gasteiger partial charge in [0.05, 0.1) is 5.52 Å². The molecule has 1 aliphatic rings. The van der Waals surface area contributed by atoms with E-state index >= 15 is 0 Å². The minimum Gasteiger partial charge on any atom is -0.355 e. The van der Waals surface area contributed by atoms with Crippen molar-refractivity contribution in [2.45, 2.75) is 6.42 Å². The van der Waals surface area contributed by atoms with E-state index in [9.17, 15) is 0 Å². The Morgan fingerprint density at radius 1 is 0.595 bits per heavy atom. The van der Waals surface area contributed by atoms with Gasteiger partial charge in [-0.25, -0.2) is 0 Å². The molecule has 1 aliphatic carbocycles. The van der Waals surface area contributed by atoms with Crippen molar-refractivity contribution in [1.29, 1.82) is 0 Å².